The molecule has 5 rings (SSSR count). The van der Waals surface area contributed by atoms with E-state index in [-0.39, 0.29) is 11.3 Å². The van der Waals surface area contributed by atoms with Crippen LogP contribution in [-0.4, -0.2) is 34.4 Å². The predicted octanol–water partition coefficient (Wildman–Crippen LogP) is 3.33. The van der Waals surface area contributed by atoms with Gasteiger partial charge in [-0.05, 0) is 35.7 Å². The number of H-pyrrole nitrogens is 1. The second-order valence-corrected chi connectivity index (χ2v) is 8.14. The molecule has 2 N–H and O–H groups in total. The van der Waals surface area contributed by atoms with Crippen LogP contribution in [0.15, 0.2) is 40.6 Å². The number of aromatic nitrogens is 2. The van der Waals surface area contributed by atoms with Crippen LogP contribution in [0.1, 0.15) is 27.7 Å². The topological polar surface area (TPSA) is 78.1 Å². The second kappa shape index (κ2) is 6.96. The third-order valence-electron chi connectivity index (χ3n) is 5.52. The van der Waals surface area contributed by atoms with Crippen molar-refractivity contribution in [2.75, 3.05) is 13.6 Å². The fourth-order valence-corrected chi connectivity index (χ4v) is 4.67. The molecule has 0 radical (unpaired) electrons. The quantitative estimate of drug-likeness (QED) is 0.516. The number of carbonyl (C=O) groups is 1. The smallest absolute Gasteiger partial charge is 0.256 e. The van der Waals surface area contributed by atoms with Gasteiger partial charge >= 0.3 is 0 Å². The number of nitrogens with zero attached hydrogens (tertiary/aromatic N) is 2. The van der Waals surface area contributed by atoms with E-state index in [0.717, 1.165) is 22.3 Å². The molecule has 0 spiro atoms. The van der Waals surface area contributed by atoms with Crippen LogP contribution >= 0.6 is 11.3 Å². The van der Waals surface area contributed by atoms with Crippen LogP contribution in [0.4, 0.5) is 8.78 Å². The van der Waals surface area contributed by atoms with Gasteiger partial charge in [-0.3, -0.25) is 9.59 Å². The van der Waals surface area contributed by atoms with Crippen LogP contribution < -0.4 is 10.9 Å². The third-order valence-corrected chi connectivity index (χ3v) is 6.33. The highest BCUT2D eigenvalue weighted by molar-refractivity contribution is 7.16. The van der Waals surface area contributed by atoms with Gasteiger partial charge in [0.2, 0.25) is 0 Å². The lowest BCUT2D eigenvalue weighted by molar-refractivity contribution is 0.0723. The summed E-state index contributed by atoms with van der Waals surface area (Å²) in [5.74, 6) is -2.35. The zero-order valence-electron chi connectivity index (χ0n) is 15.8. The van der Waals surface area contributed by atoms with Crippen LogP contribution in [0.5, 0.6) is 0 Å². The van der Waals surface area contributed by atoms with Crippen molar-refractivity contribution in [2.24, 2.45) is 0 Å². The molecule has 0 bridgehead atoms. The van der Waals surface area contributed by atoms with Gasteiger partial charge in [-0.2, -0.15) is 0 Å². The number of pyridine rings is 1. The Morgan fingerprint density at radius 3 is 2.77 bits per heavy atom. The Balaban J connectivity index is 1.62. The van der Waals surface area contributed by atoms with Crippen molar-refractivity contribution in [1.82, 2.24) is 20.2 Å². The van der Waals surface area contributed by atoms with Crippen molar-refractivity contribution < 1.29 is 13.6 Å². The minimum Gasteiger partial charge on any atom is -0.333 e. The van der Waals surface area contributed by atoms with Gasteiger partial charge in [-0.15, -0.1) is 11.3 Å². The maximum Gasteiger partial charge on any atom is 0.256 e. The van der Waals surface area contributed by atoms with Crippen LogP contribution in [0.2, 0.25) is 0 Å². The summed E-state index contributed by atoms with van der Waals surface area (Å²) in [5.41, 5.74) is 3.63. The number of halogens is 2. The molecule has 9 heteroatoms. The van der Waals surface area contributed by atoms with E-state index in [2.05, 4.69) is 15.3 Å². The first-order valence-electron chi connectivity index (χ1n) is 9.29. The van der Waals surface area contributed by atoms with Gasteiger partial charge in [0.25, 0.3) is 11.5 Å². The van der Waals surface area contributed by atoms with Gasteiger partial charge < -0.3 is 15.2 Å². The lowest BCUT2D eigenvalue weighted by Crippen LogP contribution is -2.42. The number of likely N-dealkylation sites (N-methyl/N-ethyl adjacent to an activating group) is 1. The molecule has 2 aromatic carbocycles. The summed E-state index contributed by atoms with van der Waals surface area (Å²) < 4.78 is 28.8. The summed E-state index contributed by atoms with van der Waals surface area (Å²) in [5, 5.41) is 3.55. The maximum absolute atomic E-state index is 14.0. The highest BCUT2D eigenvalue weighted by Crippen LogP contribution is 2.33. The Kier molecular flexibility index (Phi) is 4.37. The number of amides is 1. The van der Waals surface area contributed by atoms with Crippen molar-refractivity contribution in [2.45, 2.75) is 12.6 Å². The SMILES string of the molecule is CN(C(=O)c1ccc2scnc2c1)[C@@H]1CNCc2[nH]c(=O)c3cc(F)c(F)cc3c21. The molecule has 152 valence electrons. The monoisotopic (exact) mass is 426 g/mol. The number of fused-ring (bicyclic) bond motifs is 4. The summed E-state index contributed by atoms with van der Waals surface area (Å²) >= 11 is 1.49. The molecule has 2 aromatic heterocycles. The van der Waals surface area contributed by atoms with E-state index in [1.807, 2.05) is 6.07 Å². The summed E-state index contributed by atoms with van der Waals surface area (Å²) in [7, 11) is 1.66. The van der Waals surface area contributed by atoms with Crippen molar-refractivity contribution in [3.8, 4) is 0 Å². The molecule has 0 saturated heterocycles. The summed E-state index contributed by atoms with van der Waals surface area (Å²) in [4.78, 5) is 34.2. The molecule has 4 aromatic rings. The first kappa shape index (κ1) is 18.8. The van der Waals surface area contributed by atoms with Gasteiger partial charge in [-0.1, -0.05) is 0 Å². The third kappa shape index (κ3) is 2.89. The molecule has 1 aliphatic heterocycles. The molecule has 30 heavy (non-hydrogen) atoms. The maximum atomic E-state index is 14.0. The fourth-order valence-electron chi connectivity index (χ4n) is 4.01. The summed E-state index contributed by atoms with van der Waals surface area (Å²) in [6.45, 7) is 0.775. The minimum atomic E-state index is -1.08. The number of hydrogen-bond acceptors (Lipinski definition) is 5. The molecule has 0 fully saturated rings. The zero-order valence-corrected chi connectivity index (χ0v) is 16.6. The Hall–Kier alpha value is -3.17. The van der Waals surface area contributed by atoms with E-state index in [9.17, 15) is 18.4 Å². The molecule has 1 atom stereocenters. The molecule has 0 aliphatic carbocycles. The average molecular weight is 426 g/mol. The number of aromatic amines is 1. The molecule has 6 nitrogen and oxygen atoms in total. The number of nitrogens with one attached hydrogen (secondary N) is 2. The van der Waals surface area contributed by atoms with Crippen LogP contribution in [0.3, 0.4) is 0 Å². The van der Waals surface area contributed by atoms with Crippen molar-refractivity contribution >= 4 is 38.2 Å². The van der Waals surface area contributed by atoms with Crippen LogP contribution in [0.25, 0.3) is 21.0 Å². The largest absolute Gasteiger partial charge is 0.333 e. The van der Waals surface area contributed by atoms with Gasteiger partial charge in [0.1, 0.15) is 0 Å². The molecule has 1 aliphatic rings. The first-order chi connectivity index (χ1) is 14.4. The number of hydrogen-bond donors (Lipinski definition) is 2. The van der Waals surface area contributed by atoms with Gasteiger partial charge in [0.05, 0.1) is 27.2 Å². The molecule has 0 unspecified atom stereocenters. The van der Waals surface area contributed by atoms with E-state index in [1.165, 1.54) is 11.3 Å². The minimum absolute atomic E-state index is 0.0595. The first-order valence-corrected chi connectivity index (χ1v) is 10.2. The Bertz CT molecular complexity index is 1380. The summed E-state index contributed by atoms with van der Waals surface area (Å²) in [6.07, 6.45) is 0. The van der Waals surface area contributed by atoms with Gasteiger partial charge in [-0.25, -0.2) is 13.8 Å². The van der Waals surface area contributed by atoms with E-state index in [4.69, 9.17) is 0 Å². The Labute approximate surface area is 173 Å². The predicted molar refractivity (Wildman–Crippen MR) is 111 cm³/mol. The van der Waals surface area contributed by atoms with Crippen molar-refractivity contribution in [3.05, 3.63) is 74.7 Å². The lowest BCUT2D eigenvalue weighted by Gasteiger charge is -2.34. The average Bonchev–Trinajstić information content (AvgIpc) is 3.21. The molecule has 1 amide bonds. The Morgan fingerprint density at radius 1 is 1.20 bits per heavy atom. The normalized spacial score (nSPS) is 16.0. The van der Waals surface area contributed by atoms with Crippen LogP contribution in [0, 0.1) is 11.6 Å². The number of benzene rings is 2. The number of carbonyl (C=O) groups excluding carboxylic acids is 1. The Morgan fingerprint density at radius 2 is 1.97 bits per heavy atom. The molecular formula is C21H16F2N4O2S. The van der Waals surface area contributed by atoms with Gasteiger partial charge in [0.15, 0.2) is 11.6 Å². The highest BCUT2D eigenvalue weighted by atomic mass is 32.1. The van der Waals surface area contributed by atoms with Crippen LogP contribution in [-0.2, 0) is 6.54 Å². The molecule has 3 heterocycles. The molecular weight excluding hydrogens is 410 g/mol. The lowest BCUT2D eigenvalue weighted by atomic mass is 9.93. The highest BCUT2D eigenvalue weighted by Gasteiger charge is 2.30. The fraction of sp³-hybridized carbons (Fsp3) is 0.190. The summed E-state index contributed by atoms with van der Waals surface area (Å²) in [6, 6.07) is 6.80. The zero-order chi connectivity index (χ0) is 21.0. The van der Waals surface area contributed by atoms with Crippen molar-refractivity contribution in [1.29, 1.82) is 0 Å². The van der Waals surface area contributed by atoms with Gasteiger partial charge in [0, 0.05) is 37.0 Å². The van der Waals surface area contributed by atoms with E-state index in [1.54, 1.807) is 29.6 Å². The van der Waals surface area contributed by atoms with E-state index >= 15 is 0 Å². The standard InChI is InChI=1S/C21H16F2N4O2S/c1-27(21(29)10-2-3-18-15(4-10)25-9-30-18)17-8-24-7-16-19(17)11-5-13(22)14(23)6-12(11)20(28)26-16/h2-6,9,17,24H,7-8H2,1H3,(H,26,28)/t17-/m1/s1. The van der Waals surface area contributed by atoms with Crippen molar-refractivity contribution in [3.63, 3.8) is 0 Å². The second-order valence-electron chi connectivity index (χ2n) is 7.26. The molecule has 0 saturated carbocycles. The number of rotatable bonds is 2. The van der Waals surface area contributed by atoms with E-state index in [0.29, 0.717) is 35.3 Å². The number of thiazole rings is 1. The van der Waals surface area contributed by atoms with E-state index < -0.39 is 23.2 Å².